The second kappa shape index (κ2) is 8.52. The minimum atomic E-state index is -1.70. The van der Waals surface area contributed by atoms with Gasteiger partial charge in [-0.3, -0.25) is 0 Å². The van der Waals surface area contributed by atoms with Crippen LogP contribution in [-0.4, -0.2) is 22.0 Å². The molecule has 1 unspecified atom stereocenters. The lowest BCUT2D eigenvalue weighted by molar-refractivity contribution is 0.0578. The molecule has 3 rings (SSSR count). The summed E-state index contributed by atoms with van der Waals surface area (Å²) in [5, 5.41) is 1.69. The standard InChI is InChI=1S/C27H48OSi2/c1-10-30(11-2,12-3)28-27-17-13-14-25(29(7,8)9)24(27)20-22-15-16-23(21(4)5)26(22,6)18-19-27/h14-15,20-21,23H,10-13,16-19H2,1-9H3/t23-,26+,27?/m1/s1. The summed E-state index contributed by atoms with van der Waals surface area (Å²) in [5.41, 5.74) is 3.52. The van der Waals surface area contributed by atoms with Gasteiger partial charge in [0.15, 0.2) is 8.32 Å². The molecule has 0 saturated carbocycles. The summed E-state index contributed by atoms with van der Waals surface area (Å²) in [6.45, 7) is 22.2. The fourth-order valence-electron chi connectivity index (χ4n) is 6.80. The molecule has 0 aliphatic heterocycles. The van der Waals surface area contributed by atoms with Gasteiger partial charge in [-0.25, -0.2) is 0 Å². The molecule has 1 nitrogen and oxygen atoms in total. The highest BCUT2D eigenvalue weighted by atomic mass is 28.4. The molecule has 3 aliphatic rings. The summed E-state index contributed by atoms with van der Waals surface area (Å²) < 4.78 is 7.55. The van der Waals surface area contributed by atoms with Gasteiger partial charge in [0, 0.05) is 0 Å². The van der Waals surface area contributed by atoms with Crippen molar-refractivity contribution in [2.24, 2.45) is 17.3 Å². The Bertz CT molecular complexity index is 726. The van der Waals surface area contributed by atoms with E-state index in [9.17, 15) is 0 Å². The molecule has 0 radical (unpaired) electrons. The smallest absolute Gasteiger partial charge is 0.193 e. The first-order valence-corrected chi connectivity index (χ1v) is 18.8. The molecule has 0 spiro atoms. The topological polar surface area (TPSA) is 9.23 Å². The van der Waals surface area contributed by atoms with Crippen LogP contribution in [0.15, 0.2) is 34.6 Å². The van der Waals surface area contributed by atoms with Crippen molar-refractivity contribution in [1.82, 2.24) is 0 Å². The highest BCUT2D eigenvalue weighted by Gasteiger charge is 2.52. The van der Waals surface area contributed by atoms with E-state index in [1.807, 2.05) is 0 Å². The highest BCUT2D eigenvalue weighted by molar-refractivity contribution is 6.84. The van der Waals surface area contributed by atoms with E-state index < -0.39 is 16.4 Å². The lowest BCUT2D eigenvalue weighted by Crippen LogP contribution is -2.51. The maximum atomic E-state index is 7.55. The number of rotatable bonds is 7. The summed E-state index contributed by atoms with van der Waals surface area (Å²) in [7, 11) is -3.15. The molecule has 0 aromatic rings. The van der Waals surface area contributed by atoms with Crippen LogP contribution >= 0.6 is 0 Å². The van der Waals surface area contributed by atoms with Gasteiger partial charge in [0.1, 0.15) is 0 Å². The molecule has 0 bridgehead atoms. The third kappa shape index (κ3) is 4.04. The van der Waals surface area contributed by atoms with Crippen LogP contribution in [0.2, 0.25) is 37.8 Å². The molecule has 3 aliphatic carbocycles. The predicted octanol–water partition coefficient (Wildman–Crippen LogP) is 8.67. The zero-order chi connectivity index (χ0) is 22.4. The molecule has 0 fully saturated rings. The third-order valence-corrected chi connectivity index (χ3v) is 15.8. The number of fused-ring (bicyclic) bond motifs is 2. The van der Waals surface area contributed by atoms with Crippen LogP contribution in [-0.2, 0) is 4.43 Å². The van der Waals surface area contributed by atoms with Crippen LogP contribution in [0.3, 0.4) is 0 Å². The maximum absolute atomic E-state index is 7.55. The molecule has 0 N–H and O–H groups in total. The molecular formula is C27H48OSi2. The average Bonchev–Trinajstić information content (AvgIpc) is 2.96. The van der Waals surface area contributed by atoms with Crippen LogP contribution in [0, 0.1) is 17.3 Å². The van der Waals surface area contributed by atoms with Gasteiger partial charge in [-0.1, -0.05) is 84.6 Å². The van der Waals surface area contributed by atoms with Crippen molar-refractivity contribution in [2.45, 2.75) is 117 Å². The van der Waals surface area contributed by atoms with Crippen molar-refractivity contribution in [1.29, 1.82) is 0 Å². The normalized spacial score (nSPS) is 32.2. The molecule has 0 heterocycles. The second-order valence-corrected chi connectivity index (χ2v) is 21.7. The molecule has 3 atom stereocenters. The summed E-state index contributed by atoms with van der Waals surface area (Å²) in [4.78, 5) is 0. The van der Waals surface area contributed by atoms with Gasteiger partial charge < -0.3 is 4.43 Å². The van der Waals surface area contributed by atoms with E-state index in [0.717, 1.165) is 11.8 Å². The van der Waals surface area contributed by atoms with Crippen molar-refractivity contribution in [3.63, 3.8) is 0 Å². The SMILES string of the molecule is CC[Si](CC)(CC)OC12CCC=C([Si](C)(C)C)C1=CC1=CC[C@H](C(C)C)[C@@]1(C)CC2. The lowest BCUT2D eigenvalue weighted by atomic mass is 9.68. The average molecular weight is 445 g/mol. The number of hydrogen-bond donors (Lipinski definition) is 0. The molecule has 30 heavy (non-hydrogen) atoms. The first-order valence-electron chi connectivity index (χ1n) is 12.8. The quantitative estimate of drug-likeness (QED) is 0.357. The van der Waals surface area contributed by atoms with Gasteiger partial charge in [0.2, 0.25) is 0 Å². The first-order chi connectivity index (χ1) is 14.0. The van der Waals surface area contributed by atoms with Crippen molar-refractivity contribution >= 4 is 16.4 Å². The Kier molecular flexibility index (Phi) is 6.89. The van der Waals surface area contributed by atoms with Crippen LogP contribution in [0.1, 0.15) is 73.6 Å². The second-order valence-electron chi connectivity index (χ2n) is 12.0. The fourth-order valence-corrected chi connectivity index (χ4v) is 11.7. The monoisotopic (exact) mass is 444 g/mol. The molecule has 0 amide bonds. The van der Waals surface area contributed by atoms with E-state index in [1.165, 1.54) is 50.2 Å². The van der Waals surface area contributed by atoms with Gasteiger partial charge in [0.05, 0.1) is 13.7 Å². The Balaban J connectivity index is 2.16. The summed E-state index contributed by atoms with van der Waals surface area (Å²) in [5.74, 6) is 1.51. The van der Waals surface area contributed by atoms with Crippen molar-refractivity contribution in [3.8, 4) is 0 Å². The summed E-state index contributed by atoms with van der Waals surface area (Å²) in [6, 6.07) is 3.74. The van der Waals surface area contributed by atoms with Crippen LogP contribution in [0.4, 0.5) is 0 Å². The zero-order valence-electron chi connectivity index (χ0n) is 21.5. The summed E-state index contributed by atoms with van der Waals surface area (Å²) in [6.07, 6.45) is 14.0. The van der Waals surface area contributed by atoms with Gasteiger partial charge >= 0.3 is 0 Å². The Labute approximate surface area is 189 Å². The van der Waals surface area contributed by atoms with Crippen molar-refractivity contribution in [2.75, 3.05) is 0 Å². The van der Waals surface area contributed by atoms with Gasteiger partial charge in [-0.2, -0.15) is 0 Å². The molecule has 0 aromatic carbocycles. The van der Waals surface area contributed by atoms with E-state index in [4.69, 9.17) is 4.43 Å². The van der Waals surface area contributed by atoms with Crippen molar-refractivity contribution < 1.29 is 4.43 Å². The van der Waals surface area contributed by atoms with Crippen molar-refractivity contribution in [3.05, 3.63) is 34.6 Å². The summed E-state index contributed by atoms with van der Waals surface area (Å²) >= 11 is 0. The minimum absolute atomic E-state index is 0.0334. The van der Waals surface area contributed by atoms with Crippen LogP contribution in [0.5, 0.6) is 0 Å². The molecule has 170 valence electrons. The number of hydrogen-bond acceptors (Lipinski definition) is 1. The lowest BCUT2D eigenvalue weighted by Gasteiger charge is -2.48. The van der Waals surface area contributed by atoms with Crippen LogP contribution < -0.4 is 0 Å². The molecule has 0 aromatic heterocycles. The van der Waals surface area contributed by atoms with E-state index >= 15 is 0 Å². The van der Waals surface area contributed by atoms with Crippen LogP contribution in [0.25, 0.3) is 0 Å². The molecule has 0 saturated heterocycles. The third-order valence-electron chi connectivity index (χ3n) is 9.05. The maximum Gasteiger partial charge on any atom is 0.193 e. The van der Waals surface area contributed by atoms with E-state index in [-0.39, 0.29) is 5.60 Å². The van der Waals surface area contributed by atoms with E-state index in [0.29, 0.717) is 5.41 Å². The largest absolute Gasteiger partial charge is 0.407 e. The Morgan fingerprint density at radius 3 is 2.17 bits per heavy atom. The highest BCUT2D eigenvalue weighted by Crippen LogP contribution is 2.58. The van der Waals surface area contributed by atoms with E-state index in [1.54, 1.807) is 16.3 Å². The molecule has 3 heteroatoms. The van der Waals surface area contributed by atoms with Gasteiger partial charge in [-0.15, -0.1) is 0 Å². The predicted molar refractivity (Wildman–Crippen MR) is 138 cm³/mol. The number of allylic oxidation sites excluding steroid dienone is 4. The zero-order valence-corrected chi connectivity index (χ0v) is 23.5. The Morgan fingerprint density at radius 2 is 1.63 bits per heavy atom. The Hall–Kier alpha value is -0.386. The Morgan fingerprint density at radius 1 is 1.00 bits per heavy atom. The van der Waals surface area contributed by atoms with Gasteiger partial charge in [-0.05, 0) is 78.6 Å². The van der Waals surface area contributed by atoms with E-state index in [2.05, 4.69) is 79.4 Å². The molecular weight excluding hydrogens is 396 g/mol. The minimum Gasteiger partial charge on any atom is -0.407 e. The fraction of sp³-hybridized carbons (Fsp3) is 0.778. The first kappa shape index (κ1) is 24.3. The van der Waals surface area contributed by atoms with Gasteiger partial charge in [0.25, 0.3) is 0 Å².